The van der Waals surface area contributed by atoms with E-state index in [1.165, 1.54) is 12.1 Å². The lowest BCUT2D eigenvalue weighted by molar-refractivity contribution is 0.0209. The normalized spacial score (nSPS) is 21.0. The number of ether oxygens (including phenoxy) is 1. The molecule has 1 aliphatic heterocycles. The first-order valence-electron chi connectivity index (χ1n) is 8.95. The lowest BCUT2D eigenvalue weighted by atomic mass is 9.87. The molecule has 0 aromatic heterocycles. The van der Waals surface area contributed by atoms with Crippen molar-refractivity contribution in [2.24, 2.45) is 0 Å². The molecule has 2 aromatic carbocycles. The van der Waals surface area contributed by atoms with Crippen molar-refractivity contribution in [2.45, 2.75) is 31.4 Å². The molecule has 0 radical (unpaired) electrons. The van der Waals surface area contributed by atoms with Gasteiger partial charge in [-0.3, -0.25) is 4.90 Å². The minimum Gasteiger partial charge on any atom is -0.481 e. The third kappa shape index (κ3) is 4.63. The molecule has 26 heavy (non-hydrogen) atoms. The van der Waals surface area contributed by atoms with Crippen LogP contribution < -0.4 is 4.74 Å². The summed E-state index contributed by atoms with van der Waals surface area (Å²) in [6.45, 7) is 2.76. The molecule has 3 nitrogen and oxygen atoms in total. The summed E-state index contributed by atoms with van der Waals surface area (Å²) in [6.07, 6.45) is 7.44. The van der Waals surface area contributed by atoms with Crippen LogP contribution in [0.2, 0.25) is 0 Å². The standard InChI is InChI=1S/C22H24FNO2/c1-2-15-26-21-6-3-5-18(16-21)17-24-13-4-11-22(25,12-14-24)19-7-9-20(23)10-8-19/h1,3,5-10,16,25H,4,11-15,17H2. The van der Waals surface area contributed by atoms with Crippen LogP contribution >= 0.6 is 0 Å². The topological polar surface area (TPSA) is 32.7 Å². The first-order chi connectivity index (χ1) is 12.6. The Hall–Kier alpha value is -2.35. The molecule has 3 rings (SSSR count). The quantitative estimate of drug-likeness (QED) is 0.832. The van der Waals surface area contributed by atoms with Crippen molar-refractivity contribution in [2.75, 3.05) is 19.7 Å². The van der Waals surface area contributed by atoms with Gasteiger partial charge in [-0.1, -0.05) is 30.2 Å². The molecule has 0 spiro atoms. The van der Waals surface area contributed by atoms with Crippen molar-refractivity contribution in [3.63, 3.8) is 0 Å². The molecule has 0 aliphatic carbocycles. The van der Waals surface area contributed by atoms with Crippen molar-refractivity contribution < 1.29 is 14.2 Å². The number of hydrogen-bond acceptors (Lipinski definition) is 3. The van der Waals surface area contributed by atoms with E-state index in [4.69, 9.17) is 11.2 Å². The lowest BCUT2D eigenvalue weighted by Crippen LogP contribution is -2.29. The van der Waals surface area contributed by atoms with E-state index >= 15 is 0 Å². The second-order valence-corrected chi connectivity index (χ2v) is 6.81. The maximum absolute atomic E-state index is 13.2. The average Bonchev–Trinajstić information content (AvgIpc) is 2.83. The predicted octanol–water partition coefficient (Wildman–Crippen LogP) is 3.71. The lowest BCUT2D eigenvalue weighted by Gasteiger charge is -2.27. The van der Waals surface area contributed by atoms with Gasteiger partial charge in [-0.2, -0.15) is 0 Å². The first kappa shape index (κ1) is 18.4. The van der Waals surface area contributed by atoms with Crippen LogP contribution in [0.15, 0.2) is 48.5 Å². The molecular weight excluding hydrogens is 329 g/mol. The van der Waals surface area contributed by atoms with Crippen LogP contribution in [-0.2, 0) is 12.1 Å². The van der Waals surface area contributed by atoms with E-state index in [9.17, 15) is 9.50 Å². The number of likely N-dealkylation sites (tertiary alicyclic amines) is 1. The monoisotopic (exact) mass is 353 g/mol. The van der Waals surface area contributed by atoms with Gasteiger partial charge in [0.2, 0.25) is 0 Å². The van der Waals surface area contributed by atoms with Crippen LogP contribution in [0, 0.1) is 18.2 Å². The van der Waals surface area contributed by atoms with Crippen LogP contribution in [0.25, 0.3) is 0 Å². The fraction of sp³-hybridized carbons (Fsp3) is 0.364. The van der Waals surface area contributed by atoms with E-state index in [2.05, 4.69) is 16.9 Å². The smallest absolute Gasteiger partial charge is 0.148 e. The van der Waals surface area contributed by atoms with Gasteiger partial charge in [-0.15, -0.1) is 6.42 Å². The van der Waals surface area contributed by atoms with Gasteiger partial charge in [0.05, 0.1) is 5.60 Å². The second kappa shape index (κ2) is 8.35. The van der Waals surface area contributed by atoms with E-state index < -0.39 is 5.60 Å². The molecule has 1 atom stereocenters. The third-order valence-corrected chi connectivity index (χ3v) is 4.91. The Bertz CT molecular complexity index is 768. The molecule has 1 heterocycles. The zero-order valence-corrected chi connectivity index (χ0v) is 14.8. The van der Waals surface area contributed by atoms with Crippen molar-refractivity contribution >= 4 is 0 Å². The Morgan fingerprint density at radius 2 is 1.96 bits per heavy atom. The number of hydrogen-bond donors (Lipinski definition) is 1. The number of nitrogens with zero attached hydrogens (tertiary/aromatic N) is 1. The van der Waals surface area contributed by atoms with Gasteiger partial charge in [0.25, 0.3) is 0 Å². The van der Waals surface area contributed by atoms with Gasteiger partial charge in [-0.05, 0) is 61.2 Å². The molecule has 1 fully saturated rings. The Morgan fingerprint density at radius 3 is 2.73 bits per heavy atom. The zero-order valence-electron chi connectivity index (χ0n) is 14.8. The van der Waals surface area contributed by atoms with Gasteiger partial charge < -0.3 is 9.84 Å². The molecule has 136 valence electrons. The summed E-state index contributed by atoms with van der Waals surface area (Å²) in [5.41, 5.74) is 1.07. The summed E-state index contributed by atoms with van der Waals surface area (Å²) in [7, 11) is 0. The molecular formula is C22H24FNO2. The van der Waals surface area contributed by atoms with Gasteiger partial charge in [0.15, 0.2) is 0 Å². The van der Waals surface area contributed by atoms with Crippen molar-refractivity contribution in [3.8, 4) is 18.1 Å². The zero-order chi connectivity index (χ0) is 18.4. The van der Waals surface area contributed by atoms with E-state index in [0.717, 1.165) is 42.9 Å². The van der Waals surface area contributed by atoms with Crippen molar-refractivity contribution in [1.82, 2.24) is 4.90 Å². The predicted molar refractivity (Wildman–Crippen MR) is 100 cm³/mol. The molecule has 0 saturated carbocycles. The third-order valence-electron chi connectivity index (χ3n) is 4.91. The second-order valence-electron chi connectivity index (χ2n) is 6.81. The number of rotatable bonds is 5. The number of benzene rings is 2. The van der Waals surface area contributed by atoms with Crippen molar-refractivity contribution in [1.29, 1.82) is 0 Å². The number of aliphatic hydroxyl groups is 1. The highest BCUT2D eigenvalue weighted by molar-refractivity contribution is 5.29. The van der Waals surface area contributed by atoms with Gasteiger partial charge in [0, 0.05) is 13.1 Å². The van der Waals surface area contributed by atoms with Crippen LogP contribution in [-0.4, -0.2) is 29.7 Å². The molecule has 1 N–H and O–H groups in total. The van der Waals surface area contributed by atoms with Crippen molar-refractivity contribution in [3.05, 3.63) is 65.5 Å². The maximum Gasteiger partial charge on any atom is 0.148 e. The molecule has 0 bridgehead atoms. The molecule has 4 heteroatoms. The Kier molecular flexibility index (Phi) is 5.92. The van der Waals surface area contributed by atoms with E-state index in [1.54, 1.807) is 12.1 Å². The minimum atomic E-state index is -0.889. The van der Waals surface area contributed by atoms with E-state index in [1.807, 2.05) is 18.2 Å². The summed E-state index contributed by atoms with van der Waals surface area (Å²) in [5.74, 6) is 2.97. The fourth-order valence-electron chi connectivity index (χ4n) is 3.50. The summed E-state index contributed by atoms with van der Waals surface area (Å²) in [6, 6.07) is 14.2. The molecule has 0 amide bonds. The highest BCUT2D eigenvalue weighted by Crippen LogP contribution is 2.33. The SMILES string of the molecule is C#CCOc1cccc(CN2CCCC(O)(c3ccc(F)cc3)CC2)c1. The Balaban J connectivity index is 1.64. The van der Waals surface area contributed by atoms with Crippen LogP contribution in [0.3, 0.4) is 0 Å². The molecule has 1 unspecified atom stereocenters. The molecule has 1 aliphatic rings. The Morgan fingerprint density at radius 1 is 1.15 bits per heavy atom. The van der Waals surface area contributed by atoms with Gasteiger partial charge in [-0.25, -0.2) is 4.39 Å². The summed E-state index contributed by atoms with van der Waals surface area (Å²) < 4.78 is 18.6. The van der Waals surface area contributed by atoms with Gasteiger partial charge in [0.1, 0.15) is 18.2 Å². The van der Waals surface area contributed by atoms with E-state index in [0.29, 0.717) is 12.8 Å². The van der Waals surface area contributed by atoms with Crippen LogP contribution in [0.1, 0.15) is 30.4 Å². The highest BCUT2D eigenvalue weighted by atomic mass is 19.1. The number of terminal acetylenes is 1. The fourth-order valence-corrected chi connectivity index (χ4v) is 3.50. The van der Waals surface area contributed by atoms with E-state index in [-0.39, 0.29) is 12.4 Å². The van der Waals surface area contributed by atoms with Crippen LogP contribution in [0.5, 0.6) is 5.75 Å². The maximum atomic E-state index is 13.2. The summed E-state index contributed by atoms with van der Waals surface area (Å²) >= 11 is 0. The van der Waals surface area contributed by atoms with Gasteiger partial charge >= 0.3 is 0 Å². The average molecular weight is 353 g/mol. The molecule has 2 aromatic rings. The first-order valence-corrected chi connectivity index (χ1v) is 8.95. The summed E-state index contributed by atoms with van der Waals surface area (Å²) in [4.78, 5) is 2.34. The number of halogens is 1. The highest BCUT2D eigenvalue weighted by Gasteiger charge is 2.31. The minimum absolute atomic E-state index is 0.262. The van der Waals surface area contributed by atoms with Crippen LogP contribution in [0.4, 0.5) is 4.39 Å². The Labute approximate surface area is 154 Å². The molecule has 1 saturated heterocycles. The largest absolute Gasteiger partial charge is 0.481 e. The summed E-state index contributed by atoms with van der Waals surface area (Å²) in [5, 5.41) is 11.1.